The van der Waals surface area contributed by atoms with Crippen molar-refractivity contribution in [2.75, 3.05) is 37.3 Å². The van der Waals surface area contributed by atoms with Crippen molar-refractivity contribution >= 4 is 11.5 Å². The first-order valence-electron chi connectivity index (χ1n) is 6.43. The molecule has 1 aromatic heterocycles. The van der Waals surface area contributed by atoms with Gasteiger partial charge in [0.25, 0.3) is 0 Å². The van der Waals surface area contributed by atoms with Crippen molar-refractivity contribution in [3.8, 4) is 0 Å². The van der Waals surface area contributed by atoms with E-state index in [0.717, 1.165) is 12.4 Å². The Balaban J connectivity index is 1.91. The van der Waals surface area contributed by atoms with Crippen LogP contribution in [0.3, 0.4) is 0 Å². The Morgan fingerprint density at radius 2 is 2.18 bits per heavy atom. The van der Waals surface area contributed by atoms with Gasteiger partial charge in [0, 0.05) is 30.5 Å². The molecule has 94 valence electrons. The lowest BCUT2D eigenvalue weighted by molar-refractivity contribution is 0.264. The van der Waals surface area contributed by atoms with Gasteiger partial charge in [-0.3, -0.25) is 0 Å². The number of hydrogen-bond donors (Lipinski definition) is 2. The molecule has 0 unspecified atom stereocenters. The van der Waals surface area contributed by atoms with Gasteiger partial charge in [-0.1, -0.05) is 0 Å². The van der Waals surface area contributed by atoms with Gasteiger partial charge in [-0.05, 0) is 46.0 Å². The van der Waals surface area contributed by atoms with Crippen LogP contribution in [0.4, 0.5) is 11.5 Å². The highest BCUT2D eigenvalue weighted by Crippen LogP contribution is 2.17. The van der Waals surface area contributed by atoms with E-state index in [9.17, 15) is 0 Å². The number of aromatic nitrogens is 1. The van der Waals surface area contributed by atoms with Crippen LogP contribution in [0.25, 0.3) is 0 Å². The van der Waals surface area contributed by atoms with Gasteiger partial charge in [-0.2, -0.15) is 0 Å². The molecule has 2 rings (SSSR count). The van der Waals surface area contributed by atoms with E-state index in [4.69, 9.17) is 0 Å². The fourth-order valence-corrected chi connectivity index (χ4v) is 2.19. The van der Waals surface area contributed by atoms with Crippen molar-refractivity contribution < 1.29 is 0 Å². The molecule has 2 heterocycles. The largest absolute Gasteiger partial charge is 0.382 e. The smallest absolute Gasteiger partial charge is 0.127 e. The topological polar surface area (TPSA) is 40.2 Å². The van der Waals surface area contributed by atoms with Crippen molar-refractivity contribution in [3.05, 3.63) is 18.3 Å². The van der Waals surface area contributed by atoms with E-state index in [-0.39, 0.29) is 0 Å². The Morgan fingerprint density at radius 3 is 2.88 bits per heavy atom. The molecule has 0 aromatic carbocycles. The maximum Gasteiger partial charge on any atom is 0.127 e. The summed E-state index contributed by atoms with van der Waals surface area (Å²) in [6.45, 7) is 5.36. The highest BCUT2D eigenvalue weighted by atomic mass is 15.1. The minimum absolute atomic E-state index is 0.600. The molecular weight excluding hydrogens is 212 g/mol. The average molecular weight is 234 g/mol. The van der Waals surface area contributed by atoms with Crippen LogP contribution in [-0.2, 0) is 0 Å². The Bertz CT molecular complexity index is 345. The molecule has 0 spiro atoms. The van der Waals surface area contributed by atoms with Gasteiger partial charge in [0.15, 0.2) is 0 Å². The zero-order valence-electron chi connectivity index (χ0n) is 10.7. The molecule has 1 aliphatic heterocycles. The maximum atomic E-state index is 4.27. The zero-order valence-corrected chi connectivity index (χ0v) is 10.7. The van der Waals surface area contributed by atoms with Crippen LogP contribution in [0.2, 0.25) is 0 Å². The van der Waals surface area contributed by atoms with Gasteiger partial charge in [-0.25, -0.2) is 4.98 Å². The van der Waals surface area contributed by atoms with Crippen LogP contribution in [0.15, 0.2) is 18.3 Å². The van der Waals surface area contributed by atoms with Crippen LogP contribution in [0.1, 0.15) is 19.8 Å². The second-order valence-corrected chi connectivity index (χ2v) is 4.68. The molecular formula is C13H22N4. The van der Waals surface area contributed by atoms with Crippen LogP contribution in [-0.4, -0.2) is 42.6 Å². The van der Waals surface area contributed by atoms with E-state index in [1.165, 1.54) is 31.6 Å². The van der Waals surface area contributed by atoms with Gasteiger partial charge in [0.1, 0.15) is 5.82 Å². The van der Waals surface area contributed by atoms with Crippen molar-refractivity contribution in [2.24, 2.45) is 0 Å². The highest BCUT2D eigenvalue weighted by molar-refractivity contribution is 5.52. The third kappa shape index (κ3) is 3.60. The molecule has 0 atom stereocenters. The first kappa shape index (κ1) is 12.2. The summed E-state index contributed by atoms with van der Waals surface area (Å²) in [5.41, 5.74) is 1.17. The quantitative estimate of drug-likeness (QED) is 0.836. The lowest BCUT2D eigenvalue weighted by Crippen LogP contribution is -2.36. The fourth-order valence-electron chi connectivity index (χ4n) is 2.19. The summed E-state index contributed by atoms with van der Waals surface area (Å²) in [6.07, 6.45) is 4.29. The van der Waals surface area contributed by atoms with Crippen LogP contribution in [0.5, 0.6) is 0 Å². The molecule has 17 heavy (non-hydrogen) atoms. The second kappa shape index (κ2) is 5.87. The van der Waals surface area contributed by atoms with Crippen molar-refractivity contribution in [1.82, 2.24) is 9.88 Å². The minimum Gasteiger partial charge on any atom is -0.382 e. The van der Waals surface area contributed by atoms with Gasteiger partial charge >= 0.3 is 0 Å². The molecule has 1 fully saturated rings. The summed E-state index contributed by atoms with van der Waals surface area (Å²) in [5, 5.41) is 6.83. The van der Waals surface area contributed by atoms with Crippen molar-refractivity contribution in [1.29, 1.82) is 0 Å². The van der Waals surface area contributed by atoms with E-state index in [2.05, 4.69) is 40.6 Å². The highest BCUT2D eigenvalue weighted by Gasteiger charge is 2.16. The Hall–Kier alpha value is -1.29. The molecule has 0 radical (unpaired) electrons. The summed E-state index contributed by atoms with van der Waals surface area (Å²) in [6, 6.07) is 4.73. The number of likely N-dealkylation sites (tertiary alicyclic amines) is 1. The van der Waals surface area contributed by atoms with E-state index >= 15 is 0 Å². The van der Waals surface area contributed by atoms with Gasteiger partial charge < -0.3 is 15.5 Å². The first-order valence-corrected chi connectivity index (χ1v) is 6.43. The van der Waals surface area contributed by atoms with E-state index in [0.29, 0.717) is 6.04 Å². The van der Waals surface area contributed by atoms with E-state index in [1.807, 2.05) is 12.3 Å². The van der Waals surface area contributed by atoms with Gasteiger partial charge in [0.05, 0.1) is 0 Å². The molecule has 4 heteroatoms. The van der Waals surface area contributed by atoms with Gasteiger partial charge in [-0.15, -0.1) is 0 Å². The van der Waals surface area contributed by atoms with E-state index < -0.39 is 0 Å². The Kier molecular flexibility index (Phi) is 4.20. The third-order valence-electron chi connectivity index (χ3n) is 3.21. The molecule has 0 aliphatic carbocycles. The summed E-state index contributed by atoms with van der Waals surface area (Å²) >= 11 is 0. The maximum absolute atomic E-state index is 4.27. The molecule has 0 saturated carbocycles. The SMILES string of the molecule is CCNc1cc(NC2CCN(C)CC2)ccn1. The third-order valence-corrected chi connectivity index (χ3v) is 3.21. The van der Waals surface area contributed by atoms with Crippen LogP contribution in [0, 0.1) is 0 Å². The molecule has 0 bridgehead atoms. The second-order valence-electron chi connectivity index (χ2n) is 4.68. The predicted octanol–water partition coefficient (Wildman–Crippen LogP) is 2.02. The number of hydrogen-bond acceptors (Lipinski definition) is 4. The lowest BCUT2D eigenvalue weighted by atomic mass is 10.1. The molecule has 1 saturated heterocycles. The number of rotatable bonds is 4. The molecule has 2 N–H and O–H groups in total. The fraction of sp³-hybridized carbons (Fsp3) is 0.615. The molecule has 0 amide bonds. The Morgan fingerprint density at radius 1 is 1.41 bits per heavy atom. The predicted molar refractivity (Wildman–Crippen MR) is 72.5 cm³/mol. The molecule has 1 aromatic rings. The number of anilines is 2. The minimum atomic E-state index is 0.600. The lowest BCUT2D eigenvalue weighted by Gasteiger charge is -2.30. The summed E-state index contributed by atoms with van der Waals surface area (Å²) in [4.78, 5) is 6.66. The standard InChI is InChI=1S/C13H22N4/c1-3-14-13-10-12(4-7-15-13)16-11-5-8-17(2)9-6-11/h4,7,10-11H,3,5-6,8-9H2,1-2H3,(H2,14,15,16). The van der Waals surface area contributed by atoms with Gasteiger partial charge in [0.2, 0.25) is 0 Å². The normalized spacial score (nSPS) is 18.0. The van der Waals surface area contributed by atoms with Crippen molar-refractivity contribution in [3.63, 3.8) is 0 Å². The summed E-state index contributed by atoms with van der Waals surface area (Å²) < 4.78 is 0. The zero-order chi connectivity index (χ0) is 12.1. The number of piperidine rings is 1. The van der Waals surface area contributed by atoms with Crippen LogP contribution < -0.4 is 10.6 Å². The van der Waals surface area contributed by atoms with Crippen molar-refractivity contribution in [2.45, 2.75) is 25.8 Å². The monoisotopic (exact) mass is 234 g/mol. The Labute approximate surface area is 103 Å². The summed E-state index contributed by atoms with van der Waals surface area (Å²) in [7, 11) is 2.19. The molecule has 4 nitrogen and oxygen atoms in total. The number of pyridine rings is 1. The number of nitrogens with one attached hydrogen (secondary N) is 2. The van der Waals surface area contributed by atoms with Crippen LogP contribution >= 0.6 is 0 Å². The van der Waals surface area contributed by atoms with E-state index in [1.54, 1.807) is 0 Å². The molecule has 1 aliphatic rings. The number of nitrogens with zero attached hydrogens (tertiary/aromatic N) is 2. The average Bonchev–Trinajstić information content (AvgIpc) is 2.33. The first-order chi connectivity index (χ1) is 8.28. The summed E-state index contributed by atoms with van der Waals surface area (Å²) in [5.74, 6) is 0.949.